The highest BCUT2D eigenvalue weighted by molar-refractivity contribution is 9.10. The van der Waals surface area contributed by atoms with E-state index in [0.717, 1.165) is 10.2 Å². The summed E-state index contributed by atoms with van der Waals surface area (Å²) >= 11 is 15.6. The van der Waals surface area contributed by atoms with Gasteiger partial charge in [-0.05, 0) is 18.2 Å². The van der Waals surface area contributed by atoms with Crippen molar-refractivity contribution in [2.24, 2.45) is 0 Å². The molecule has 6 heteroatoms. The van der Waals surface area contributed by atoms with E-state index in [-0.39, 0.29) is 0 Å². The van der Waals surface area contributed by atoms with Crippen LogP contribution in [0, 0.1) is 0 Å². The van der Waals surface area contributed by atoms with Crippen molar-refractivity contribution in [1.82, 2.24) is 4.98 Å². The van der Waals surface area contributed by atoms with Gasteiger partial charge in [-0.1, -0.05) is 45.2 Å². The van der Waals surface area contributed by atoms with Crippen molar-refractivity contribution in [2.75, 3.05) is 12.4 Å². The molecule has 100 valence electrons. The lowest BCUT2D eigenvalue weighted by Crippen LogP contribution is -2.03. The molecule has 0 aliphatic heterocycles. The van der Waals surface area contributed by atoms with Crippen LogP contribution >= 0.6 is 39.1 Å². The number of rotatable bonds is 4. The molecule has 0 aliphatic carbocycles. The predicted octanol–water partition coefficient (Wildman–Crippen LogP) is 4.77. The second kappa shape index (κ2) is 6.46. The van der Waals surface area contributed by atoms with E-state index in [0.29, 0.717) is 28.2 Å². The minimum atomic E-state index is 0.512. The van der Waals surface area contributed by atoms with Gasteiger partial charge in [-0.25, -0.2) is 4.98 Å². The number of hydrogen-bond acceptors (Lipinski definition) is 3. The summed E-state index contributed by atoms with van der Waals surface area (Å²) in [5.41, 5.74) is 1.53. The minimum Gasteiger partial charge on any atom is -0.481 e. The monoisotopic (exact) mass is 360 g/mol. The Labute approximate surface area is 130 Å². The van der Waals surface area contributed by atoms with Gasteiger partial charge >= 0.3 is 0 Å². The van der Waals surface area contributed by atoms with Crippen LogP contribution in [0.1, 0.15) is 5.69 Å². The van der Waals surface area contributed by atoms with Crippen molar-refractivity contribution >= 4 is 44.8 Å². The van der Waals surface area contributed by atoms with Gasteiger partial charge in [-0.15, -0.1) is 0 Å². The summed E-state index contributed by atoms with van der Waals surface area (Å²) in [7, 11) is 1.59. The van der Waals surface area contributed by atoms with Crippen LogP contribution in [0.5, 0.6) is 5.88 Å². The average molecular weight is 362 g/mol. The van der Waals surface area contributed by atoms with Gasteiger partial charge < -0.3 is 10.1 Å². The molecule has 2 aromatic rings. The van der Waals surface area contributed by atoms with Crippen molar-refractivity contribution in [3.05, 3.63) is 50.5 Å². The first-order chi connectivity index (χ1) is 9.10. The fourth-order valence-corrected chi connectivity index (χ4v) is 2.90. The predicted molar refractivity (Wildman–Crippen MR) is 82.3 cm³/mol. The van der Waals surface area contributed by atoms with E-state index in [4.69, 9.17) is 27.9 Å². The molecule has 19 heavy (non-hydrogen) atoms. The Morgan fingerprint density at radius 1 is 1.26 bits per heavy atom. The Morgan fingerprint density at radius 2 is 1.95 bits per heavy atom. The molecule has 0 saturated carbocycles. The highest BCUT2D eigenvalue weighted by Gasteiger charge is 2.07. The lowest BCUT2D eigenvalue weighted by atomic mass is 10.3. The molecule has 2 rings (SSSR count). The standard InChI is InChI=1S/C13H11BrCl2N2O/c1-19-12-4-2-3-9(18-12)7-17-13-10(15)5-8(14)6-11(13)16/h2-6,17H,7H2,1H3. The third-order valence-corrected chi connectivity index (χ3v) is 3.50. The number of hydrogen-bond donors (Lipinski definition) is 1. The maximum absolute atomic E-state index is 6.14. The van der Waals surface area contributed by atoms with E-state index in [1.165, 1.54) is 0 Å². The molecule has 0 aliphatic rings. The molecule has 0 spiro atoms. The van der Waals surface area contributed by atoms with Crippen molar-refractivity contribution in [2.45, 2.75) is 6.54 Å². The minimum absolute atomic E-state index is 0.512. The number of ether oxygens (including phenoxy) is 1. The number of benzene rings is 1. The first-order valence-corrected chi connectivity index (χ1v) is 7.03. The Bertz CT molecular complexity index is 570. The molecule has 0 radical (unpaired) electrons. The number of nitrogens with one attached hydrogen (secondary N) is 1. The number of pyridine rings is 1. The highest BCUT2D eigenvalue weighted by Crippen LogP contribution is 2.34. The summed E-state index contributed by atoms with van der Waals surface area (Å²) < 4.78 is 5.91. The Balaban J connectivity index is 2.14. The molecule has 1 aromatic heterocycles. The average Bonchev–Trinajstić information content (AvgIpc) is 2.37. The van der Waals surface area contributed by atoms with Gasteiger partial charge in [0.1, 0.15) is 0 Å². The molecule has 0 unspecified atom stereocenters. The molecule has 0 bridgehead atoms. The van der Waals surface area contributed by atoms with Gasteiger partial charge in [-0.3, -0.25) is 0 Å². The molecule has 1 aromatic carbocycles. The van der Waals surface area contributed by atoms with Gasteiger partial charge in [0.05, 0.1) is 35.1 Å². The van der Waals surface area contributed by atoms with Crippen LogP contribution in [0.2, 0.25) is 10.0 Å². The lowest BCUT2D eigenvalue weighted by molar-refractivity contribution is 0.396. The van der Waals surface area contributed by atoms with Gasteiger partial charge in [0.2, 0.25) is 5.88 Å². The van der Waals surface area contributed by atoms with Gasteiger partial charge in [0.25, 0.3) is 0 Å². The van der Waals surface area contributed by atoms with Crippen molar-refractivity contribution in [3.63, 3.8) is 0 Å². The van der Waals surface area contributed by atoms with Crippen LogP contribution in [-0.2, 0) is 6.54 Å². The Hall–Kier alpha value is -0.970. The molecule has 0 amide bonds. The molecule has 3 nitrogen and oxygen atoms in total. The van der Waals surface area contributed by atoms with E-state index in [9.17, 15) is 0 Å². The zero-order chi connectivity index (χ0) is 13.8. The molecule has 0 fully saturated rings. The fraction of sp³-hybridized carbons (Fsp3) is 0.154. The summed E-state index contributed by atoms with van der Waals surface area (Å²) in [6.07, 6.45) is 0. The van der Waals surface area contributed by atoms with Crippen LogP contribution in [0.25, 0.3) is 0 Å². The first kappa shape index (κ1) is 14.4. The smallest absolute Gasteiger partial charge is 0.213 e. The molecule has 1 heterocycles. The Morgan fingerprint density at radius 3 is 2.58 bits per heavy atom. The third-order valence-electron chi connectivity index (χ3n) is 2.44. The lowest BCUT2D eigenvalue weighted by Gasteiger charge is -2.11. The molecular formula is C13H11BrCl2N2O. The third kappa shape index (κ3) is 3.75. The van der Waals surface area contributed by atoms with Gasteiger partial charge in [0.15, 0.2) is 0 Å². The normalized spacial score (nSPS) is 10.3. The summed E-state index contributed by atoms with van der Waals surface area (Å²) in [5.74, 6) is 0.576. The summed E-state index contributed by atoms with van der Waals surface area (Å²) in [6, 6.07) is 9.15. The number of nitrogens with zero attached hydrogens (tertiary/aromatic N) is 1. The number of aromatic nitrogens is 1. The summed E-state index contributed by atoms with van der Waals surface area (Å²) in [5, 5.41) is 4.29. The molecular weight excluding hydrogens is 351 g/mol. The first-order valence-electron chi connectivity index (χ1n) is 5.48. The van der Waals surface area contributed by atoms with E-state index >= 15 is 0 Å². The zero-order valence-electron chi connectivity index (χ0n) is 10.1. The second-order valence-electron chi connectivity index (χ2n) is 3.77. The summed E-state index contributed by atoms with van der Waals surface area (Å²) in [6.45, 7) is 0.512. The van der Waals surface area contributed by atoms with Crippen LogP contribution in [0.3, 0.4) is 0 Å². The topological polar surface area (TPSA) is 34.1 Å². The van der Waals surface area contributed by atoms with Gasteiger partial charge in [0, 0.05) is 10.5 Å². The van der Waals surface area contributed by atoms with Crippen LogP contribution in [-0.4, -0.2) is 12.1 Å². The maximum Gasteiger partial charge on any atom is 0.213 e. The number of anilines is 1. The van der Waals surface area contributed by atoms with E-state index in [1.807, 2.05) is 12.1 Å². The maximum atomic E-state index is 6.14. The van der Waals surface area contributed by atoms with E-state index in [2.05, 4.69) is 26.2 Å². The molecule has 0 atom stereocenters. The van der Waals surface area contributed by atoms with Gasteiger partial charge in [-0.2, -0.15) is 0 Å². The van der Waals surface area contributed by atoms with E-state index in [1.54, 1.807) is 25.3 Å². The van der Waals surface area contributed by atoms with Crippen LogP contribution in [0.4, 0.5) is 5.69 Å². The van der Waals surface area contributed by atoms with E-state index < -0.39 is 0 Å². The van der Waals surface area contributed by atoms with Crippen LogP contribution < -0.4 is 10.1 Å². The number of halogens is 3. The SMILES string of the molecule is COc1cccc(CNc2c(Cl)cc(Br)cc2Cl)n1. The fourth-order valence-electron chi connectivity index (χ4n) is 1.56. The largest absolute Gasteiger partial charge is 0.481 e. The Kier molecular flexibility index (Phi) is 4.91. The molecule has 0 saturated heterocycles. The van der Waals surface area contributed by atoms with Crippen molar-refractivity contribution < 1.29 is 4.74 Å². The second-order valence-corrected chi connectivity index (χ2v) is 5.50. The zero-order valence-corrected chi connectivity index (χ0v) is 13.2. The van der Waals surface area contributed by atoms with Crippen molar-refractivity contribution in [3.8, 4) is 5.88 Å². The highest BCUT2D eigenvalue weighted by atomic mass is 79.9. The van der Waals surface area contributed by atoms with Crippen LogP contribution in [0.15, 0.2) is 34.8 Å². The quantitative estimate of drug-likeness (QED) is 0.851. The summed E-state index contributed by atoms with van der Waals surface area (Å²) in [4.78, 5) is 4.30. The molecule has 1 N–H and O–H groups in total. The van der Waals surface area contributed by atoms with Crippen molar-refractivity contribution in [1.29, 1.82) is 0 Å². The number of methoxy groups -OCH3 is 1.